The summed E-state index contributed by atoms with van der Waals surface area (Å²) in [4.78, 5) is 53.0. The number of thiocarbonyl (C=S) groups is 1. The Kier molecular flexibility index (Phi) is 44.7. The summed E-state index contributed by atoms with van der Waals surface area (Å²) in [5, 5.41) is 39.0. The second kappa shape index (κ2) is 52.6. The molecule has 12 rings (SSSR count). The number of aliphatic hydroxyl groups excluding tert-OH is 2. The number of carbonyl (C=O) groups is 3. The molecule has 0 spiro atoms. The summed E-state index contributed by atoms with van der Waals surface area (Å²) >= 11 is 14.6. The molecule has 12 aromatic rings. The Labute approximate surface area is 733 Å². The van der Waals surface area contributed by atoms with E-state index in [4.69, 9.17) is 43.5 Å². The van der Waals surface area contributed by atoms with Crippen LogP contribution in [-0.2, 0) is 88.2 Å². The maximum absolute atomic E-state index is 12.4. The van der Waals surface area contributed by atoms with Gasteiger partial charge in [-0.15, -0.1) is 34.3 Å². The van der Waals surface area contributed by atoms with Gasteiger partial charge in [0, 0.05) is 93.4 Å². The number of halogens is 16. The number of alkyl halides is 16. The van der Waals surface area contributed by atoms with Crippen LogP contribution in [0.15, 0.2) is 242 Å². The number of hydrogen-bond donors (Lipinski definition) is 9. The van der Waals surface area contributed by atoms with Crippen molar-refractivity contribution in [2.45, 2.75) is 76.7 Å². The minimum atomic E-state index is -4.36. The van der Waals surface area contributed by atoms with E-state index in [2.05, 4.69) is 164 Å². The van der Waals surface area contributed by atoms with Crippen LogP contribution in [0.5, 0.6) is 0 Å². The number of aromatic nitrogens is 4. The van der Waals surface area contributed by atoms with Crippen LogP contribution in [0.1, 0.15) is 72.9 Å². The van der Waals surface area contributed by atoms with Crippen molar-refractivity contribution >= 4 is 165 Å². The van der Waals surface area contributed by atoms with Crippen molar-refractivity contribution in [1.29, 1.82) is 0 Å². The molecule has 0 fully saturated rings. The van der Waals surface area contributed by atoms with E-state index in [1.165, 1.54) is 123 Å². The molecule has 0 aliphatic carbocycles. The van der Waals surface area contributed by atoms with Gasteiger partial charge in [0.25, 0.3) is 0 Å². The first-order valence-corrected chi connectivity index (χ1v) is 40.4. The maximum atomic E-state index is 12.4. The number of esters is 2. The van der Waals surface area contributed by atoms with Gasteiger partial charge in [0.05, 0.1) is 65.3 Å². The number of thiazole rings is 4. The zero-order valence-electron chi connectivity index (χ0n) is 64.1. The standard InChI is InChI=1S/C18H15P.C13H11F3N2O2S.C11H8F3N5S.C11H10F3N3S.C11H9F3N2OS.C8H7F3N2S.C5H7ClO3.C2H6O.V/c1-4-10-16(11-5-1)19(17-12-6-2-7-13-17)18-14-8-3-9-15-18;1-2-20-11(19)10-7-17-12(21-10)18-9-5-3-8(4-6-9)13(14,15)16;12-11(13,14)7-1-3-8(4-2-7)18-10-16-5-9(20-10)6-17-19-15;12-11(13,14)7-1-3-8(4-2-7)17-10-16-6-9(5-15)18-10;12-11(13,14)7-1-3-8(4-2-7)16-10-15-5-9(6-17)18-10;9-8(10,11)5-1-3-6(4-2-5)13-7(12)14;1-2-9-5(8)4(6)3-7;1-2-3;/h1-15H;3-7H,2H2,1H3,(H,17,18);1-5H,6H2,(H,16,18);1-4,6H,5,15H2,(H,16,17);1-5,17H,6H2,(H,15,16);1-4H,(H3,12,13,14);3-4H,2H2,1H3;3H,2H2,1H3;. The van der Waals surface area contributed by atoms with E-state index >= 15 is 0 Å². The summed E-state index contributed by atoms with van der Waals surface area (Å²) in [5.41, 5.74) is 17.8. The number of benzene rings is 8. The van der Waals surface area contributed by atoms with Gasteiger partial charge in [-0.25, -0.2) is 29.5 Å². The zero-order valence-corrected chi connectivity index (χ0v) is 71.2. The van der Waals surface area contributed by atoms with Crippen LogP contribution in [0.3, 0.4) is 0 Å². The maximum Gasteiger partial charge on any atom is 0.416 e. The van der Waals surface area contributed by atoms with Crippen LogP contribution in [-0.4, -0.2) is 78.7 Å². The first kappa shape index (κ1) is 105. The summed E-state index contributed by atoms with van der Waals surface area (Å²) in [6.45, 7) is 6.27. The predicted octanol–water partition coefficient (Wildman–Crippen LogP) is 21.7. The van der Waals surface area contributed by atoms with Gasteiger partial charge >= 0.3 is 42.8 Å². The molecular formula is C79H73ClF15N14O7PS5V. The van der Waals surface area contributed by atoms with Crippen LogP contribution < -0.4 is 54.0 Å². The largest absolute Gasteiger partial charge is 0.465 e. The number of nitrogens with two attached hydrogens (primary N) is 2. The molecule has 123 heavy (non-hydrogen) atoms. The van der Waals surface area contributed by atoms with E-state index in [9.17, 15) is 80.2 Å². The Balaban J connectivity index is 0.000000302. The van der Waals surface area contributed by atoms with E-state index in [1.807, 2.05) is 0 Å². The number of aliphatic hydroxyl groups is 2. The molecule has 8 aromatic carbocycles. The van der Waals surface area contributed by atoms with Crippen LogP contribution in [0.25, 0.3) is 10.4 Å². The van der Waals surface area contributed by atoms with Crippen molar-refractivity contribution in [2.75, 3.05) is 46.4 Å². The molecule has 0 bridgehead atoms. The number of ether oxygens (including phenoxy) is 2. The van der Waals surface area contributed by atoms with Crippen molar-refractivity contribution in [3.8, 4) is 0 Å². The summed E-state index contributed by atoms with van der Waals surface area (Å²) in [6, 6.07) is 55.4. The fourth-order valence-electron chi connectivity index (χ4n) is 8.87. The average Bonchev–Trinajstić information content (AvgIpc) is 1.56. The molecule has 44 heteroatoms. The van der Waals surface area contributed by atoms with Crippen LogP contribution in [0.2, 0.25) is 0 Å². The van der Waals surface area contributed by atoms with Gasteiger partial charge < -0.3 is 62.5 Å². The molecule has 653 valence electrons. The van der Waals surface area contributed by atoms with Gasteiger partial charge in [-0.05, 0) is 184 Å². The molecule has 4 aromatic heterocycles. The van der Waals surface area contributed by atoms with E-state index in [-0.39, 0.29) is 56.6 Å². The zero-order chi connectivity index (χ0) is 90.1. The van der Waals surface area contributed by atoms with Gasteiger partial charge in [0.2, 0.25) is 0 Å². The molecule has 0 amide bonds. The van der Waals surface area contributed by atoms with Crippen molar-refractivity contribution in [1.82, 2.24) is 19.9 Å². The summed E-state index contributed by atoms with van der Waals surface area (Å²) in [6.07, 6.45) is -15.3. The number of anilines is 9. The van der Waals surface area contributed by atoms with Crippen molar-refractivity contribution in [3.05, 3.63) is 295 Å². The molecule has 11 N–H and O–H groups in total. The fourth-order valence-corrected chi connectivity index (χ4v) is 14.2. The molecule has 4 heterocycles. The monoisotopic (exact) mass is 1890 g/mol. The Morgan fingerprint density at radius 3 is 1.07 bits per heavy atom. The molecule has 0 saturated heterocycles. The van der Waals surface area contributed by atoms with Crippen molar-refractivity contribution in [2.24, 2.45) is 16.6 Å². The van der Waals surface area contributed by atoms with E-state index in [0.717, 1.165) is 81.8 Å². The molecule has 1 atom stereocenters. The van der Waals surface area contributed by atoms with Crippen molar-refractivity contribution in [3.63, 3.8) is 0 Å². The number of hydrogen-bond acceptors (Lipinski definition) is 22. The second-order valence-electron chi connectivity index (χ2n) is 23.2. The van der Waals surface area contributed by atoms with Crippen molar-refractivity contribution < 1.29 is 118 Å². The molecule has 21 nitrogen and oxygen atoms in total. The second-order valence-corrected chi connectivity index (χ2v) is 30.7. The van der Waals surface area contributed by atoms with E-state index in [1.54, 1.807) is 33.2 Å². The summed E-state index contributed by atoms with van der Waals surface area (Å²) < 4.78 is 194. The summed E-state index contributed by atoms with van der Waals surface area (Å²) in [5.74, 6) is -1.16. The number of nitrogens with zero attached hydrogens (tertiary/aromatic N) is 7. The topological polar surface area (TPSA) is 323 Å². The quantitative estimate of drug-likeness (QED) is 0.00308. The first-order chi connectivity index (χ1) is 57.8. The third kappa shape index (κ3) is 38.7. The third-order valence-electron chi connectivity index (χ3n) is 14.3. The normalized spacial score (nSPS) is 11.0. The first-order valence-electron chi connectivity index (χ1n) is 35.0. The van der Waals surface area contributed by atoms with Gasteiger partial charge in [-0.3, -0.25) is 0 Å². The van der Waals surface area contributed by atoms with Crippen LogP contribution in [0, 0.1) is 0 Å². The fraction of sp³-hybridized carbons (Fsp3) is 0.190. The average molecular weight is 1890 g/mol. The SMILES string of the molecule is CCO.CCOC(=O)C(Cl)C=O.CCOC(=O)c1cnc(Nc2ccc(C(F)(F)F)cc2)s1.NC(=S)Nc1ccc(C(F)(F)F)cc1.NCc1cnc(Nc2ccc(C(F)(F)F)cc2)s1.OCc1cnc(Nc2ccc(C(F)(F)F)cc2)s1.[N-]=[N+]=NCc1cnc(Nc2ccc(C(F)(F)F)cc2)s1.[V].c1ccc(P(c2ccccc2)c2ccccc2)cc1. The minimum Gasteiger partial charge on any atom is -0.465 e. The van der Waals surface area contributed by atoms with E-state index in [0.29, 0.717) is 71.5 Å². The van der Waals surface area contributed by atoms with Gasteiger partial charge in [-0.1, -0.05) is 119 Å². The molecule has 1 unspecified atom stereocenters. The molecule has 0 saturated carbocycles. The molecule has 0 aliphatic rings. The number of aldehydes is 1. The molecule has 1 radical (unpaired) electrons. The Hall–Kier alpha value is -10.8. The Morgan fingerprint density at radius 2 is 0.789 bits per heavy atom. The van der Waals surface area contributed by atoms with Crippen LogP contribution in [0.4, 0.5) is 115 Å². The number of rotatable bonds is 21. The molecule has 0 aliphatic heterocycles. The molecular weight excluding hydrogens is 1820 g/mol. The Morgan fingerprint density at radius 1 is 0.496 bits per heavy atom. The van der Waals surface area contributed by atoms with Gasteiger partial charge in [0.15, 0.2) is 31.0 Å². The van der Waals surface area contributed by atoms with Crippen LogP contribution >= 0.6 is 77.1 Å². The smallest absolute Gasteiger partial charge is 0.416 e. The Bertz CT molecular complexity index is 4960. The summed E-state index contributed by atoms with van der Waals surface area (Å²) in [7, 11) is -0.446. The van der Waals surface area contributed by atoms with E-state index < -0.39 is 83.9 Å². The number of carbonyl (C=O) groups excluding carboxylic acids is 3. The third-order valence-corrected chi connectivity index (χ3v) is 20.7. The minimum absolute atomic E-state index is 0. The number of azide groups is 1. The number of nitrogens with one attached hydrogen (secondary N) is 5. The van der Waals surface area contributed by atoms with Gasteiger partial charge in [0.1, 0.15) is 11.2 Å². The van der Waals surface area contributed by atoms with Gasteiger partial charge in [-0.2, -0.15) is 65.9 Å². The predicted molar refractivity (Wildman–Crippen MR) is 452 cm³/mol.